The zero-order valence-electron chi connectivity index (χ0n) is 13.3. The number of nitrogens with zero attached hydrogens (tertiary/aromatic N) is 2. The van der Waals surface area contributed by atoms with E-state index in [4.69, 9.17) is 0 Å². The number of aromatic nitrogens is 2. The highest BCUT2D eigenvalue weighted by atomic mass is 16.1. The molecule has 2 N–H and O–H groups in total. The number of anilines is 1. The lowest BCUT2D eigenvalue weighted by molar-refractivity contribution is 0.0952. The first-order valence-corrected chi connectivity index (χ1v) is 7.70. The topological polar surface area (TPSA) is 59.0 Å². The molecule has 1 atom stereocenters. The lowest BCUT2D eigenvalue weighted by atomic mass is 10.0. The van der Waals surface area contributed by atoms with Gasteiger partial charge in [0.1, 0.15) is 11.5 Å². The number of aryl methyl sites for hydroxylation is 2. The summed E-state index contributed by atoms with van der Waals surface area (Å²) < 4.78 is 2.06. The molecular weight excluding hydrogens is 276 g/mol. The van der Waals surface area contributed by atoms with Crippen LogP contribution in [0.1, 0.15) is 34.0 Å². The third kappa shape index (κ3) is 2.58. The van der Waals surface area contributed by atoms with Gasteiger partial charge in [0.15, 0.2) is 0 Å². The number of para-hydroxylation sites is 1. The van der Waals surface area contributed by atoms with Crippen molar-refractivity contribution >= 4 is 11.6 Å². The summed E-state index contributed by atoms with van der Waals surface area (Å²) >= 11 is 0. The Hall–Kier alpha value is -2.30. The lowest BCUT2D eigenvalue weighted by Crippen LogP contribution is -2.32. The average molecular weight is 298 g/mol. The van der Waals surface area contributed by atoms with E-state index in [0.717, 1.165) is 30.9 Å². The van der Waals surface area contributed by atoms with Crippen LogP contribution in [0, 0.1) is 13.8 Å². The highest BCUT2D eigenvalue weighted by Gasteiger charge is 2.26. The minimum absolute atomic E-state index is 0.0541. The molecular formula is C17H22N4O. The first-order valence-electron chi connectivity index (χ1n) is 7.70. The molecule has 0 radical (unpaired) electrons. The van der Waals surface area contributed by atoms with Crippen LogP contribution in [0.4, 0.5) is 5.69 Å². The van der Waals surface area contributed by atoms with Gasteiger partial charge in [-0.05, 0) is 31.9 Å². The number of benzene rings is 1. The first kappa shape index (κ1) is 14.6. The van der Waals surface area contributed by atoms with Crippen molar-refractivity contribution in [2.75, 3.05) is 12.4 Å². The predicted molar refractivity (Wildman–Crippen MR) is 87.3 cm³/mol. The molecule has 0 aliphatic carbocycles. The molecule has 5 nitrogen and oxygen atoms in total. The van der Waals surface area contributed by atoms with Crippen LogP contribution < -0.4 is 10.6 Å². The number of hydrogen-bond acceptors (Lipinski definition) is 3. The summed E-state index contributed by atoms with van der Waals surface area (Å²) in [5, 5.41) is 6.31. The fourth-order valence-electron chi connectivity index (χ4n) is 3.12. The van der Waals surface area contributed by atoms with Crippen LogP contribution in [0.2, 0.25) is 0 Å². The van der Waals surface area contributed by atoms with Crippen LogP contribution in [0.15, 0.2) is 24.3 Å². The number of nitrogens with one attached hydrogen (secondary N) is 2. The average Bonchev–Trinajstić information content (AvgIpc) is 2.84. The van der Waals surface area contributed by atoms with Gasteiger partial charge in [-0.15, -0.1) is 0 Å². The third-order valence-corrected chi connectivity index (χ3v) is 4.30. The predicted octanol–water partition coefficient (Wildman–Crippen LogP) is 2.29. The van der Waals surface area contributed by atoms with E-state index in [1.807, 2.05) is 19.1 Å². The van der Waals surface area contributed by atoms with E-state index >= 15 is 0 Å². The maximum atomic E-state index is 12.0. The molecule has 22 heavy (non-hydrogen) atoms. The van der Waals surface area contributed by atoms with Crippen LogP contribution in [-0.2, 0) is 13.0 Å². The lowest BCUT2D eigenvalue weighted by Gasteiger charge is -2.26. The largest absolute Gasteiger partial charge is 0.382 e. The van der Waals surface area contributed by atoms with Gasteiger partial charge in [0.2, 0.25) is 0 Å². The maximum Gasteiger partial charge on any atom is 0.269 e. The number of carbonyl (C=O) groups is 1. The third-order valence-electron chi connectivity index (χ3n) is 4.30. The summed E-state index contributed by atoms with van der Waals surface area (Å²) in [7, 11) is 1.66. The molecule has 1 aromatic carbocycles. The quantitative estimate of drug-likeness (QED) is 0.914. The van der Waals surface area contributed by atoms with Gasteiger partial charge in [-0.2, -0.15) is 0 Å². The van der Waals surface area contributed by atoms with Gasteiger partial charge in [-0.25, -0.2) is 4.98 Å². The van der Waals surface area contributed by atoms with Crippen LogP contribution in [0.25, 0.3) is 0 Å². The normalized spacial score (nSPS) is 17.0. The molecule has 5 heteroatoms. The van der Waals surface area contributed by atoms with E-state index in [2.05, 4.69) is 39.2 Å². The number of imidazole rings is 1. The van der Waals surface area contributed by atoms with Crippen molar-refractivity contribution in [3.63, 3.8) is 0 Å². The Morgan fingerprint density at radius 2 is 2.09 bits per heavy atom. The summed E-state index contributed by atoms with van der Waals surface area (Å²) in [6.45, 7) is 4.84. The molecule has 2 heterocycles. The number of carbonyl (C=O) groups excluding carboxylic acids is 1. The van der Waals surface area contributed by atoms with Crippen molar-refractivity contribution in [1.82, 2.24) is 14.9 Å². The van der Waals surface area contributed by atoms with E-state index in [0.29, 0.717) is 11.7 Å². The summed E-state index contributed by atoms with van der Waals surface area (Å²) in [5.41, 5.74) is 3.94. The zero-order chi connectivity index (χ0) is 15.7. The zero-order valence-corrected chi connectivity index (χ0v) is 13.3. The molecule has 3 rings (SSSR count). The molecule has 1 aliphatic heterocycles. The minimum Gasteiger partial charge on any atom is -0.382 e. The highest BCUT2D eigenvalue weighted by Crippen LogP contribution is 2.23. The molecule has 0 spiro atoms. The summed E-state index contributed by atoms with van der Waals surface area (Å²) in [6.07, 6.45) is 1.83. The number of hydrogen-bond donors (Lipinski definition) is 2. The van der Waals surface area contributed by atoms with Gasteiger partial charge in [0, 0.05) is 31.7 Å². The Morgan fingerprint density at radius 1 is 1.32 bits per heavy atom. The SMILES string of the molecule is CNC(=O)c1c(C)nc2n1CCC(Nc1ccccc1C)C2. The van der Waals surface area contributed by atoms with Crippen molar-refractivity contribution < 1.29 is 4.79 Å². The van der Waals surface area contributed by atoms with Gasteiger partial charge in [0.05, 0.1) is 5.69 Å². The Kier molecular flexibility index (Phi) is 3.88. The molecule has 2 aromatic rings. The second-order valence-electron chi connectivity index (χ2n) is 5.84. The van der Waals surface area contributed by atoms with Crippen LogP contribution in [-0.4, -0.2) is 28.5 Å². The van der Waals surface area contributed by atoms with E-state index in [1.54, 1.807) is 7.05 Å². The molecule has 1 unspecified atom stereocenters. The second-order valence-corrected chi connectivity index (χ2v) is 5.84. The molecule has 0 fully saturated rings. The molecule has 1 amide bonds. The smallest absolute Gasteiger partial charge is 0.269 e. The van der Waals surface area contributed by atoms with Crippen LogP contribution >= 0.6 is 0 Å². The van der Waals surface area contributed by atoms with Gasteiger partial charge >= 0.3 is 0 Å². The summed E-state index contributed by atoms with van der Waals surface area (Å²) in [4.78, 5) is 16.6. The Bertz CT molecular complexity index is 705. The monoisotopic (exact) mass is 298 g/mol. The standard InChI is InChI=1S/C17H22N4O/c1-11-6-4-5-7-14(11)20-13-8-9-21-15(10-13)19-12(2)16(21)17(22)18-3/h4-7,13,20H,8-10H2,1-3H3,(H,18,22). The number of amides is 1. The molecule has 0 saturated carbocycles. The Balaban J connectivity index is 1.80. The minimum atomic E-state index is -0.0541. The van der Waals surface area contributed by atoms with Crippen LogP contribution in [0.5, 0.6) is 0 Å². The number of fused-ring (bicyclic) bond motifs is 1. The van der Waals surface area contributed by atoms with Crippen LogP contribution in [0.3, 0.4) is 0 Å². The van der Waals surface area contributed by atoms with Crippen molar-refractivity contribution in [2.24, 2.45) is 0 Å². The van der Waals surface area contributed by atoms with Crippen molar-refractivity contribution in [2.45, 2.75) is 39.3 Å². The van der Waals surface area contributed by atoms with Gasteiger partial charge in [-0.1, -0.05) is 18.2 Å². The Morgan fingerprint density at radius 3 is 2.82 bits per heavy atom. The molecule has 0 saturated heterocycles. The van der Waals surface area contributed by atoms with E-state index in [1.165, 1.54) is 11.3 Å². The summed E-state index contributed by atoms with van der Waals surface area (Å²) in [6, 6.07) is 8.67. The molecule has 0 bridgehead atoms. The van der Waals surface area contributed by atoms with Crippen molar-refractivity contribution in [3.8, 4) is 0 Å². The maximum absolute atomic E-state index is 12.0. The molecule has 116 valence electrons. The fraction of sp³-hybridized carbons (Fsp3) is 0.412. The van der Waals surface area contributed by atoms with E-state index < -0.39 is 0 Å². The van der Waals surface area contributed by atoms with Crippen molar-refractivity contribution in [3.05, 3.63) is 47.0 Å². The first-order chi connectivity index (χ1) is 10.6. The summed E-state index contributed by atoms with van der Waals surface area (Å²) in [5.74, 6) is 0.940. The van der Waals surface area contributed by atoms with Gasteiger partial charge in [0.25, 0.3) is 5.91 Å². The second kappa shape index (κ2) is 5.83. The Labute approximate surface area is 130 Å². The molecule has 1 aliphatic rings. The fourth-order valence-corrected chi connectivity index (χ4v) is 3.12. The van der Waals surface area contributed by atoms with E-state index in [9.17, 15) is 4.79 Å². The van der Waals surface area contributed by atoms with Crippen molar-refractivity contribution in [1.29, 1.82) is 0 Å². The molecule has 1 aromatic heterocycles. The number of rotatable bonds is 3. The van der Waals surface area contributed by atoms with Gasteiger partial charge in [-0.3, -0.25) is 4.79 Å². The highest BCUT2D eigenvalue weighted by molar-refractivity contribution is 5.93. The van der Waals surface area contributed by atoms with Gasteiger partial charge < -0.3 is 15.2 Å². The van der Waals surface area contributed by atoms with E-state index in [-0.39, 0.29) is 5.91 Å².